The standard InChI is InChI=1S/C11H6ClF3O2/c12-9-5-4-8(11(13,14)15)6-7(9)2-1-3-10(16)17/h4-6H,3H2,(H,16,17). The Balaban J connectivity index is 3.06. The van der Waals surface area contributed by atoms with Crippen molar-refractivity contribution in [2.24, 2.45) is 0 Å². The van der Waals surface area contributed by atoms with Gasteiger partial charge in [0, 0.05) is 5.56 Å². The Morgan fingerprint density at radius 1 is 1.41 bits per heavy atom. The van der Waals surface area contributed by atoms with Gasteiger partial charge in [-0.3, -0.25) is 4.79 Å². The molecule has 17 heavy (non-hydrogen) atoms. The van der Waals surface area contributed by atoms with Gasteiger partial charge in [0.1, 0.15) is 6.42 Å². The van der Waals surface area contributed by atoms with Crippen molar-refractivity contribution in [3.8, 4) is 11.8 Å². The minimum absolute atomic E-state index is 0.0391. The van der Waals surface area contributed by atoms with E-state index in [1.807, 2.05) is 0 Å². The van der Waals surface area contributed by atoms with Crippen molar-refractivity contribution in [1.82, 2.24) is 0 Å². The molecule has 1 aromatic carbocycles. The van der Waals surface area contributed by atoms with Crippen molar-refractivity contribution in [2.45, 2.75) is 12.6 Å². The van der Waals surface area contributed by atoms with Gasteiger partial charge in [-0.2, -0.15) is 13.2 Å². The van der Waals surface area contributed by atoms with Gasteiger partial charge in [0.15, 0.2) is 0 Å². The van der Waals surface area contributed by atoms with Crippen LogP contribution >= 0.6 is 11.6 Å². The lowest BCUT2D eigenvalue weighted by Gasteiger charge is -2.07. The van der Waals surface area contributed by atoms with Crippen molar-refractivity contribution in [3.05, 3.63) is 34.3 Å². The molecule has 0 aromatic heterocycles. The number of carboxylic acids is 1. The number of alkyl halides is 3. The van der Waals surface area contributed by atoms with Crippen LogP contribution < -0.4 is 0 Å². The monoisotopic (exact) mass is 262 g/mol. The smallest absolute Gasteiger partial charge is 0.416 e. The number of rotatable bonds is 1. The van der Waals surface area contributed by atoms with Gasteiger partial charge in [0.2, 0.25) is 0 Å². The van der Waals surface area contributed by atoms with Crippen LogP contribution in [-0.2, 0) is 11.0 Å². The molecule has 0 aliphatic heterocycles. The van der Waals surface area contributed by atoms with Crippen LogP contribution in [0.1, 0.15) is 17.5 Å². The van der Waals surface area contributed by atoms with Crippen LogP contribution in [-0.4, -0.2) is 11.1 Å². The molecule has 0 saturated heterocycles. The molecule has 0 amide bonds. The van der Waals surface area contributed by atoms with Gasteiger partial charge < -0.3 is 5.11 Å². The lowest BCUT2D eigenvalue weighted by Crippen LogP contribution is -2.04. The molecule has 0 aliphatic carbocycles. The first-order chi connectivity index (χ1) is 7.80. The molecule has 0 heterocycles. The molecule has 0 bridgehead atoms. The van der Waals surface area contributed by atoms with E-state index < -0.39 is 24.1 Å². The summed E-state index contributed by atoms with van der Waals surface area (Å²) in [6, 6.07) is 2.71. The fraction of sp³-hybridized carbons (Fsp3) is 0.182. The summed E-state index contributed by atoms with van der Waals surface area (Å²) < 4.78 is 37.1. The number of carboxylic acid groups (broad SMARTS) is 1. The SMILES string of the molecule is O=C(O)CC#Cc1cc(C(F)(F)F)ccc1Cl. The first-order valence-electron chi connectivity index (χ1n) is 4.38. The minimum Gasteiger partial charge on any atom is -0.481 e. The fourth-order valence-corrected chi connectivity index (χ4v) is 1.18. The summed E-state index contributed by atoms with van der Waals surface area (Å²) in [4.78, 5) is 10.2. The van der Waals surface area contributed by atoms with Crippen LogP contribution in [0, 0.1) is 11.8 Å². The largest absolute Gasteiger partial charge is 0.481 e. The second kappa shape index (κ2) is 5.11. The molecule has 0 unspecified atom stereocenters. The molecule has 6 heteroatoms. The topological polar surface area (TPSA) is 37.3 Å². The van der Waals surface area contributed by atoms with Crippen molar-refractivity contribution in [2.75, 3.05) is 0 Å². The average molecular weight is 263 g/mol. The number of hydrogen-bond donors (Lipinski definition) is 1. The molecule has 0 saturated carbocycles. The molecular formula is C11H6ClF3O2. The van der Waals surface area contributed by atoms with Crippen molar-refractivity contribution < 1.29 is 23.1 Å². The summed E-state index contributed by atoms with van der Waals surface area (Å²) in [5.41, 5.74) is -0.913. The number of hydrogen-bond acceptors (Lipinski definition) is 1. The predicted molar refractivity (Wildman–Crippen MR) is 55.6 cm³/mol. The summed E-state index contributed by atoms with van der Waals surface area (Å²) in [5, 5.41) is 8.38. The molecule has 2 nitrogen and oxygen atoms in total. The minimum atomic E-state index is -4.48. The molecule has 0 atom stereocenters. The van der Waals surface area contributed by atoms with E-state index in [9.17, 15) is 18.0 Å². The van der Waals surface area contributed by atoms with E-state index in [2.05, 4.69) is 11.8 Å². The Hall–Kier alpha value is -1.67. The molecule has 90 valence electrons. The van der Waals surface area contributed by atoms with Crippen molar-refractivity contribution in [1.29, 1.82) is 0 Å². The Kier molecular flexibility index (Phi) is 4.02. The molecule has 1 N–H and O–H groups in total. The molecule has 0 fully saturated rings. The average Bonchev–Trinajstić information content (AvgIpc) is 2.18. The van der Waals surface area contributed by atoms with E-state index >= 15 is 0 Å². The summed E-state index contributed by atoms with van der Waals surface area (Å²) in [5.74, 6) is 3.36. The number of benzene rings is 1. The van der Waals surface area contributed by atoms with Crippen LogP contribution in [0.15, 0.2) is 18.2 Å². The van der Waals surface area contributed by atoms with E-state index in [0.717, 1.165) is 18.2 Å². The third kappa shape index (κ3) is 4.00. The lowest BCUT2D eigenvalue weighted by atomic mass is 10.1. The van der Waals surface area contributed by atoms with Gasteiger partial charge in [-0.15, -0.1) is 0 Å². The Morgan fingerprint density at radius 3 is 2.59 bits per heavy atom. The highest BCUT2D eigenvalue weighted by Gasteiger charge is 2.30. The maximum Gasteiger partial charge on any atom is 0.416 e. The quantitative estimate of drug-likeness (QED) is 0.789. The van der Waals surface area contributed by atoms with Crippen LogP contribution in [0.3, 0.4) is 0 Å². The first-order valence-corrected chi connectivity index (χ1v) is 4.76. The molecule has 1 rings (SSSR count). The number of carbonyl (C=O) groups is 1. The highest BCUT2D eigenvalue weighted by molar-refractivity contribution is 6.31. The molecule has 0 aliphatic rings. The molecule has 0 radical (unpaired) electrons. The Morgan fingerprint density at radius 2 is 2.06 bits per heavy atom. The van der Waals surface area contributed by atoms with E-state index in [0.29, 0.717) is 0 Å². The lowest BCUT2D eigenvalue weighted by molar-refractivity contribution is -0.138. The van der Waals surface area contributed by atoms with Crippen molar-refractivity contribution >= 4 is 17.6 Å². The molecular weight excluding hydrogens is 257 g/mol. The zero-order valence-corrected chi connectivity index (χ0v) is 9.06. The van der Waals surface area contributed by atoms with Gasteiger partial charge >= 0.3 is 12.1 Å². The normalized spacial score (nSPS) is 10.6. The number of aliphatic carboxylic acids is 1. The highest BCUT2D eigenvalue weighted by atomic mass is 35.5. The zero-order chi connectivity index (χ0) is 13.1. The Bertz CT molecular complexity index is 498. The van der Waals surface area contributed by atoms with Crippen LogP contribution in [0.2, 0.25) is 5.02 Å². The van der Waals surface area contributed by atoms with Crippen LogP contribution in [0.25, 0.3) is 0 Å². The summed E-state index contributed by atoms with van der Waals surface area (Å²) in [6.07, 6.45) is -4.93. The summed E-state index contributed by atoms with van der Waals surface area (Å²) in [7, 11) is 0. The zero-order valence-electron chi connectivity index (χ0n) is 8.31. The second-order valence-electron chi connectivity index (χ2n) is 3.06. The van der Waals surface area contributed by atoms with E-state index in [1.165, 1.54) is 0 Å². The third-order valence-electron chi connectivity index (χ3n) is 1.76. The second-order valence-corrected chi connectivity index (χ2v) is 3.47. The van der Waals surface area contributed by atoms with E-state index in [-0.39, 0.29) is 10.6 Å². The molecule has 0 spiro atoms. The summed E-state index contributed by atoms with van der Waals surface area (Å²) in [6.45, 7) is 0. The first kappa shape index (κ1) is 13.4. The number of halogens is 4. The fourth-order valence-electron chi connectivity index (χ4n) is 1.01. The van der Waals surface area contributed by atoms with Gasteiger partial charge in [-0.1, -0.05) is 23.4 Å². The van der Waals surface area contributed by atoms with Gasteiger partial charge in [0.25, 0.3) is 0 Å². The maximum absolute atomic E-state index is 12.4. The third-order valence-corrected chi connectivity index (χ3v) is 2.09. The van der Waals surface area contributed by atoms with E-state index in [1.54, 1.807) is 0 Å². The summed E-state index contributed by atoms with van der Waals surface area (Å²) >= 11 is 5.64. The van der Waals surface area contributed by atoms with E-state index in [4.69, 9.17) is 16.7 Å². The highest BCUT2D eigenvalue weighted by Crippen LogP contribution is 2.31. The maximum atomic E-state index is 12.4. The van der Waals surface area contributed by atoms with Gasteiger partial charge in [-0.05, 0) is 18.2 Å². The van der Waals surface area contributed by atoms with Crippen molar-refractivity contribution in [3.63, 3.8) is 0 Å². The molecule has 1 aromatic rings. The van der Waals surface area contributed by atoms with Gasteiger partial charge in [0.05, 0.1) is 10.6 Å². The Labute approximate surface area is 100 Å². The predicted octanol–water partition coefficient (Wildman–Crippen LogP) is 3.19. The van der Waals surface area contributed by atoms with Crippen LogP contribution in [0.4, 0.5) is 13.2 Å². The van der Waals surface area contributed by atoms with Gasteiger partial charge in [-0.25, -0.2) is 0 Å². The van der Waals surface area contributed by atoms with Crippen LogP contribution in [0.5, 0.6) is 0 Å².